The van der Waals surface area contributed by atoms with Gasteiger partial charge in [-0.1, -0.05) is 22.9 Å². The molecule has 0 aliphatic carbocycles. The van der Waals surface area contributed by atoms with Crippen molar-refractivity contribution in [3.63, 3.8) is 0 Å². The Kier molecular flexibility index (Phi) is 4.51. The van der Waals surface area contributed by atoms with Crippen LogP contribution in [0.25, 0.3) is 0 Å². The fourth-order valence-corrected chi connectivity index (χ4v) is 1.93. The van der Waals surface area contributed by atoms with Crippen molar-refractivity contribution >= 4 is 29.2 Å². The van der Waals surface area contributed by atoms with Crippen LogP contribution in [-0.4, -0.2) is 38.5 Å². The highest BCUT2D eigenvalue weighted by Crippen LogP contribution is 2.24. The zero-order chi connectivity index (χ0) is 15.4. The summed E-state index contributed by atoms with van der Waals surface area (Å²) in [5.74, 6) is -1.81. The zero-order valence-electron chi connectivity index (χ0n) is 10.8. The highest BCUT2D eigenvalue weighted by molar-refractivity contribution is 6.34. The molecule has 21 heavy (non-hydrogen) atoms. The maximum atomic E-state index is 12.0. The lowest BCUT2D eigenvalue weighted by atomic mass is 10.1. The second kappa shape index (κ2) is 6.33. The minimum atomic E-state index is -1.23. The summed E-state index contributed by atoms with van der Waals surface area (Å²) < 4.78 is 1.42. The monoisotopic (exact) mass is 309 g/mol. The number of rotatable bonds is 5. The number of carboxylic acid groups (broad SMARTS) is 1. The van der Waals surface area contributed by atoms with E-state index < -0.39 is 11.9 Å². The number of hydrogen-bond donors (Lipinski definition) is 3. The largest absolute Gasteiger partial charge is 0.478 e. The van der Waals surface area contributed by atoms with Gasteiger partial charge in [0.25, 0.3) is 5.91 Å². The molecule has 0 aliphatic rings. The Bertz CT molecular complexity index is 685. The molecule has 0 radical (unpaired) electrons. The molecule has 0 unspecified atom stereocenters. The number of carboxylic acids is 1. The lowest BCUT2D eigenvalue weighted by Crippen LogP contribution is -2.15. The van der Waals surface area contributed by atoms with Crippen LogP contribution in [0.2, 0.25) is 5.02 Å². The van der Waals surface area contributed by atoms with E-state index >= 15 is 0 Å². The molecule has 1 aromatic carbocycles. The fourth-order valence-electron chi connectivity index (χ4n) is 1.68. The van der Waals surface area contributed by atoms with Gasteiger partial charge in [-0.3, -0.25) is 9.48 Å². The second-order valence-electron chi connectivity index (χ2n) is 4.08. The molecule has 110 valence electrons. The van der Waals surface area contributed by atoms with Gasteiger partial charge in [0.15, 0.2) is 5.69 Å². The van der Waals surface area contributed by atoms with E-state index in [0.29, 0.717) is 13.1 Å². The Labute approximate surface area is 124 Å². The van der Waals surface area contributed by atoms with Crippen LogP contribution in [-0.2, 0) is 6.54 Å². The highest BCUT2D eigenvalue weighted by Gasteiger charge is 2.18. The van der Waals surface area contributed by atoms with Crippen molar-refractivity contribution < 1.29 is 14.7 Å². The molecule has 0 spiro atoms. The molecule has 0 fully saturated rings. The predicted octanol–water partition coefficient (Wildman–Crippen LogP) is 0.841. The van der Waals surface area contributed by atoms with Gasteiger partial charge in [-0.05, 0) is 12.1 Å². The lowest BCUT2D eigenvalue weighted by Gasteiger charge is -2.08. The number of hydrogen-bond acceptors (Lipinski definition) is 5. The zero-order valence-corrected chi connectivity index (χ0v) is 11.5. The van der Waals surface area contributed by atoms with Gasteiger partial charge in [0, 0.05) is 6.54 Å². The van der Waals surface area contributed by atoms with Crippen molar-refractivity contribution in [3.05, 3.63) is 40.7 Å². The summed E-state index contributed by atoms with van der Waals surface area (Å²) in [5.41, 5.74) is 5.34. The smallest absolute Gasteiger partial charge is 0.339 e. The number of nitrogens with two attached hydrogens (primary N) is 1. The molecule has 1 amide bonds. The van der Waals surface area contributed by atoms with E-state index in [9.17, 15) is 9.59 Å². The van der Waals surface area contributed by atoms with E-state index in [2.05, 4.69) is 15.6 Å². The van der Waals surface area contributed by atoms with Crippen molar-refractivity contribution in [2.45, 2.75) is 6.54 Å². The summed E-state index contributed by atoms with van der Waals surface area (Å²) in [5, 5.41) is 19.0. The Hall–Kier alpha value is -2.45. The number of anilines is 1. The number of aromatic nitrogens is 3. The van der Waals surface area contributed by atoms with Crippen molar-refractivity contribution in [1.29, 1.82) is 0 Å². The van der Waals surface area contributed by atoms with Crippen LogP contribution < -0.4 is 11.1 Å². The summed E-state index contributed by atoms with van der Waals surface area (Å²) in [4.78, 5) is 23.2. The fraction of sp³-hybridized carbons (Fsp3) is 0.167. The van der Waals surface area contributed by atoms with Crippen LogP contribution in [0.5, 0.6) is 0 Å². The molecule has 0 aliphatic heterocycles. The first kappa shape index (κ1) is 14.9. The van der Waals surface area contributed by atoms with Crippen molar-refractivity contribution in [1.82, 2.24) is 15.0 Å². The Morgan fingerprint density at radius 1 is 1.43 bits per heavy atom. The third-order valence-corrected chi connectivity index (χ3v) is 2.92. The average Bonchev–Trinajstić information content (AvgIpc) is 2.87. The summed E-state index contributed by atoms with van der Waals surface area (Å²) in [6, 6.07) is 4.41. The molecule has 0 atom stereocenters. The Morgan fingerprint density at radius 3 is 2.86 bits per heavy atom. The maximum absolute atomic E-state index is 12.0. The lowest BCUT2D eigenvalue weighted by molar-refractivity contribution is 0.0698. The Morgan fingerprint density at radius 2 is 2.19 bits per heavy atom. The summed E-state index contributed by atoms with van der Waals surface area (Å²) in [6.45, 7) is 0.791. The molecule has 1 aromatic heterocycles. The third-order valence-electron chi connectivity index (χ3n) is 2.61. The van der Waals surface area contributed by atoms with Crippen molar-refractivity contribution in [3.8, 4) is 0 Å². The number of halogens is 1. The second-order valence-corrected chi connectivity index (χ2v) is 4.48. The van der Waals surface area contributed by atoms with Gasteiger partial charge in [-0.25, -0.2) is 4.79 Å². The predicted molar refractivity (Wildman–Crippen MR) is 75.4 cm³/mol. The number of carbonyl (C=O) groups excluding carboxylic acids is 1. The van der Waals surface area contributed by atoms with E-state index in [1.807, 2.05) is 0 Å². The van der Waals surface area contributed by atoms with Crippen LogP contribution in [0, 0.1) is 0 Å². The number of benzene rings is 1. The first-order valence-corrected chi connectivity index (χ1v) is 6.34. The van der Waals surface area contributed by atoms with Crippen LogP contribution in [0.3, 0.4) is 0 Å². The van der Waals surface area contributed by atoms with E-state index in [-0.39, 0.29) is 22.0 Å². The van der Waals surface area contributed by atoms with Gasteiger partial charge in [0.1, 0.15) is 5.56 Å². The van der Waals surface area contributed by atoms with Gasteiger partial charge in [-0.2, -0.15) is 0 Å². The van der Waals surface area contributed by atoms with Gasteiger partial charge in [0.05, 0.1) is 23.5 Å². The van der Waals surface area contributed by atoms with E-state index in [0.717, 1.165) is 0 Å². The Balaban J connectivity index is 2.23. The number of amides is 1. The molecular weight excluding hydrogens is 298 g/mol. The van der Waals surface area contributed by atoms with E-state index in [1.54, 1.807) is 0 Å². The minimum absolute atomic E-state index is 0.0343. The van der Waals surface area contributed by atoms with Gasteiger partial charge in [-0.15, -0.1) is 5.10 Å². The molecule has 4 N–H and O–H groups in total. The first-order valence-electron chi connectivity index (χ1n) is 5.96. The van der Waals surface area contributed by atoms with Gasteiger partial charge < -0.3 is 16.2 Å². The van der Waals surface area contributed by atoms with Crippen LogP contribution in [0.1, 0.15) is 20.8 Å². The topological polar surface area (TPSA) is 123 Å². The van der Waals surface area contributed by atoms with Crippen molar-refractivity contribution in [2.75, 3.05) is 11.9 Å². The van der Waals surface area contributed by atoms with E-state index in [1.165, 1.54) is 29.1 Å². The van der Waals surface area contributed by atoms with E-state index in [4.69, 9.17) is 22.4 Å². The first-order chi connectivity index (χ1) is 10.0. The third kappa shape index (κ3) is 3.36. The molecule has 0 saturated heterocycles. The maximum Gasteiger partial charge on any atom is 0.339 e. The molecule has 2 aromatic rings. The molecular formula is C12H12ClN5O3. The normalized spacial score (nSPS) is 10.4. The highest BCUT2D eigenvalue weighted by atomic mass is 35.5. The quantitative estimate of drug-likeness (QED) is 0.752. The number of carbonyl (C=O) groups is 2. The van der Waals surface area contributed by atoms with Gasteiger partial charge in [0.2, 0.25) is 0 Å². The molecule has 2 rings (SSSR count). The van der Waals surface area contributed by atoms with Crippen LogP contribution in [0.4, 0.5) is 5.69 Å². The van der Waals surface area contributed by atoms with Crippen molar-refractivity contribution in [2.24, 2.45) is 5.73 Å². The molecule has 0 bridgehead atoms. The minimum Gasteiger partial charge on any atom is -0.478 e. The van der Waals surface area contributed by atoms with Crippen LogP contribution in [0.15, 0.2) is 24.4 Å². The standard InChI is InChI=1S/C12H12ClN5O3/c13-7-2-1-3-8(10(7)12(20)21)15-11(19)9-6-18(5-4-14)17-16-9/h1-3,6H,4-5,14H2,(H,15,19)(H,20,21). The number of nitrogens with one attached hydrogen (secondary N) is 1. The van der Waals surface area contributed by atoms with Gasteiger partial charge >= 0.3 is 5.97 Å². The average molecular weight is 310 g/mol. The summed E-state index contributed by atoms with van der Waals surface area (Å²) in [6.07, 6.45) is 1.42. The SMILES string of the molecule is NCCn1cc(C(=O)Nc2cccc(Cl)c2C(=O)O)nn1. The summed E-state index contributed by atoms with van der Waals surface area (Å²) >= 11 is 5.82. The molecule has 9 heteroatoms. The summed E-state index contributed by atoms with van der Waals surface area (Å²) in [7, 11) is 0. The number of aromatic carboxylic acids is 1. The van der Waals surface area contributed by atoms with Crippen LogP contribution >= 0.6 is 11.6 Å². The number of nitrogens with zero attached hydrogens (tertiary/aromatic N) is 3. The molecule has 1 heterocycles. The molecule has 8 nitrogen and oxygen atoms in total. The molecule has 0 saturated carbocycles.